The van der Waals surface area contributed by atoms with Crippen molar-refractivity contribution in [3.63, 3.8) is 0 Å². The van der Waals surface area contributed by atoms with Crippen molar-refractivity contribution >= 4 is 23.7 Å². The Balaban J connectivity index is 0. The third kappa shape index (κ3) is 14.4. The molecule has 0 aromatic rings. The second kappa shape index (κ2) is 16.5. The number of hydroxylamine groups is 2. The third-order valence-corrected chi connectivity index (χ3v) is 3.16. The SMILES string of the molecule is C=C(C)C(=O)NC(COC(=O)C(=C)C)NC(=O)C(=C)C.C=CC(=O)N(CC)OCCO. The lowest BCUT2D eigenvalue weighted by Crippen LogP contribution is -2.51. The van der Waals surface area contributed by atoms with Crippen LogP contribution in [0.15, 0.2) is 49.1 Å². The average Bonchev–Trinajstić information content (AvgIpc) is 2.71. The maximum Gasteiger partial charge on any atom is 0.333 e. The summed E-state index contributed by atoms with van der Waals surface area (Å²) in [5, 5.41) is 14.5. The summed E-state index contributed by atoms with van der Waals surface area (Å²) in [6, 6.07) is 0. The van der Waals surface area contributed by atoms with Crippen LogP contribution in [0.25, 0.3) is 0 Å². The molecule has 0 aromatic carbocycles. The highest BCUT2D eigenvalue weighted by atomic mass is 16.7. The molecule has 0 saturated carbocycles. The van der Waals surface area contributed by atoms with Gasteiger partial charge in [-0.2, -0.15) is 0 Å². The van der Waals surface area contributed by atoms with Crippen LogP contribution in [0, 0.1) is 0 Å². The van der Waals surface area contributed by atoms with E-state index in [-0.39, 0.29) is 42.4 Å². The minimum absolute atomic E-state index is 0.0963. The first kappa shape index (κ1) is 30.0. The number of esters is 1. The van der Waals surface area contributed by atoms with Gasteiger partial charge in [-0.3, -0.25) is 19.2 Å². The van der Waals surface area contributed by atoms with E-state index in [4.69, 9.17) is 14.7 Å². The minimum Gasteiger partial charge on any atom is -0.458 e. The Morgan fingerprint density at radius 2 is 1.48 bits per heavy atom. The Hall–Kier alpha value is -3.24. The van der Waals surface area contributed by atoms with E-state index in [1.807, 2.05) is 0 Å². The topological polar surface area (TPSA) is 134 Å². The van der Waals surface area contributed by atoms with Crippen molar-refractivity contribution in [2.45, 2.75) is 33.9 Å². The van der Waals surface area contributed by atoms with Gasteiger partial charge in [0.05, 0.1) is 13.2 Å². The number of carbonyl (C=O) groups excluding carboxylic acids is 4. The molecule has 0 unspecified atom stereocenters. The van der Waals surface area contributed by atoms with Crippen molar-refractivity contribution in [3.05, 3.63) is 49.1 Å². The standard InChI is InChI=1S/C14H20N2O4.C7H13NO3/c1-8(2)12(17)15-11(16-13(18)9(3)4)7-20-14(19)10(5)6;1-3-7(10)8(4-2)11-6-5-9/h11H,1,3,5,7H2,2,4,6H3,(H,15,17)(H,16,18);3,9H,1,4-6H2,2H3. The van der Waals surface area contributed by atoms with Gasteiger partial charge in [-0.15, -0.1) is 0 Å². The number of aliphatic hydroxyl groups is 1. The predicted octanol–water partition coefficient (Wildman–Crippen LogP) is 0.761. The molecule has 0 fully saturated rings. The van der Waals surface area contributed by atoms with E-state index >= 15 is 0 Å². The van der Waals surface area contributed by atoms with Crippen molar-refractivity contribution in [1.29, 1.82) is 0 Å². The zero-order valence-corrected chi connectivity index (χ0v) is 18.7. The molecule has 0 aromatic heterocycles. The van der Waals surface area contributed by atoms with Crippen molar-refractivity contribution in [2.75, 3.05) is 26.4 Å². The van der Waals surface area contributed by atoms with Gasteiger partial charge in [0, 0.05) is 23.3 Å². The molecule has 0 aliphatic rings. The summed E-state index contributed by atoms with van der Waals surface area (Å²) in [6.07, 6.45) is 0.299. The zero-order chi connectivity index (χ0) is 24.6. The van der Waals surface area contributed by atoms with Crippen LogP contribution in [0.2, 0.25) is 0 Å². The molecule has 0 heterocycles. The van der Waals surface area contributed by atoms with Gasteiger partial charge in [-0.05, 0) is 33.8 Å². The lowest BCUT2D eigenvalue weighted by Gasteiger charge is -2.20. The number of amides is 3. The van der Waals surface area contributed by atoms with Crippen LogP contribution in [0.4, 0.5) is 0 Å². The maximum atomic E-state index is 11.5. The number of rotatable bonds is 12. The number of nitrogens with zero attached hydrogens (tertiary/aromatic N) is 1. The fraction of sp³-hybridized carbons (Fsp3) is 0.429. The van der Waals surface area contributed by atoms with Crippen LogP contribution in [0.3, 0.4) is 0 Å². The Morgan fingerprint density at radius 3 is 1.81 bits per heavy atom. The molecule has 10 heteroatoms. The predicted molar refractivity (Wildman–Crippen MR) is 116 cm³/mol. The largest absolute Gasteiger partial charge is 0.458 e. The number of ether oxygens (including phenoxy) is 1. The Kier molecular flexibility index (Phi) is 16.0. The van der Waals surface area contributed by atoms with Gasteiger partial charge in [-0.1, -0.05) is 26.3 Å². The summed E-state index contributed by atoms with van der Waals surface area (Å²) < 4.78 is 4.90. The Morgan fingerprint density at radius 1 is 1.00 bits per heavy atom. The van der Waals surface area contributed by atoms with Crippen LogP contribution < -0.4 is 10.6 Å². The highest BCUT2D eigenvalue weighted by Crippen LogP contribution is 1.96. The molecule has 0 aliphatic carbocycles. The minimum atomic E-state index is -0.869. The van der Waals surface area contributed by atoms with Gasteiger partial charge < -0.3 is 20.5 Å². The Bertz CT molecular complexity index is 673. The normalized spacial score (nSPS) is 9.48. The molecule has 0 aliphatic heterocycles. The van der Waals surface area contributed by atoms with E-state index in [0.29, 0.717) is 6.54 Å². The lowest BCUT2D eigenvalue weighted by atomic mass is 10.3. The molecule has 0 rings (SSSR count). The monoisotopic (exact) mass is 439 g/mol. The smallest absolute Gasteiger partial charge is 0.333 e. The van der Waals surface area contributed by atoms with Crippen molar-refractivity contribution < 1.29 is 33.9 Å². The molecule has 0 radical (unpaired) electrons. The first-order valence-electron chi connectivity index (χ1n) is 9.34. The zero-order valence-electron chi connectivity index (χ0n) is 18.7. The van der Waals surface area contributed by atoms with E-state index in [0.717, 1.165) is 5.06 Å². The van der Waals surface area contributed by atoms with Crippen LogP contribution >= 0.6 is 0 Å². The molecular weight excluding hydrogens is 406 g/mol. The van der Waals surface area contributed by atoms with E-state index in [1.54, 1.807) is 6.92 Å². The molecule has 0 atom stereocenters. The molecular formula is C21H33N3O7. The molecule has 174 valence electrons. The van der Waals surface area contributed by atoms with Crippen molar-refractivity contribution in [2.24, 2.45) is 0 Å². The molecule has 31 heavy (non-hydrogen) atoms. The van der Waals surface area contributed by atoms with Gasteiger partial charge in [0.1, 0.15) is 12.8 Å². The fourth-order valence-corrected chi connectivity index (χ4v) is 1.53. The van der Waals surface area contributed by atoms with Crippen molar-refractivity contribution in [3.8, 4) is 0 Å². The molecule has 0 spiro atoms. The first-order chi connectivity index (χ1) is 14.4. The number of likely N-dealkylation sites (N-methyl/N-ethyl adjacent to an activating group) is 1. The van der Waals surface area contributed by atoms with Gasteiger partial charge in [0.15, 0.2) is 0 Å². The molecule has 3 N–H and O–H groups in total. The summed E-state index contributed by atoms with van der Waals surface area (Å²) in [4.78, 5) is 50.1. The second-order valence-corrected chi connectivity index (χ2v) is 6.23. The second-order valence-electron chi connectivity index (χ2n) is 6.23. The summed E-state index contributed by atoms with van der Waals surface area (Å²) in [7, 11) is 0. The fourth-order valence-electron chi connectivity index (χ4n) is 1.53. The highest BCUT2D eigenvalue weighted by molar-refractivity contribution is 5.94. The summed E-state index contributed by atoms with van der Waals surface area (Å²) in [5.74, 6) is -1.81. The number of hydrogen-bond donors (Lipinski definition) is 3. The Labute approximate surface area is 183 Å². The average molecular weight is 440 g/mol. The molecule has 0 saturated heterocycles. The lowest BCUT2D eigenvalue weighted by molar-refractivity contribution is -0.182. The molecule has 0 bridgehead atoms. The van der Waals surface area contributed by atoms with Crippen LogP contribution in [-0.4, -0.2) is 66.4 Å². The van der Waals surface area contributed by atoms with Gasteiger partial charge in [-0.25, -0.2) is 9.86 Å². The number of aliphatic hydroxyl groups excluding tert-OH is 1. The van der Waals surface area contributed by atoms with Crippen LogP contribution in [-0.2, 0) is 28.8 Å². The van der Waals surface area contributed by atoms with E-state index in [9.17, 15) is 19.2 Å². The van der Waals surface area contributed by atoms with Gasteiger partial charge in [0.25, 0.3) is 5.91 Å². The van der Waals surface area contributed by atoms with Gasteiger partial charge in [0.2, 0.25) is 11.8 Å². The molecule has 3 amide bonds. The number of nitrogens with one attached hydrogen (secondary N) is 2. The van der Waals surface area contributed by atoms with Crippen LogP contribution in [0.1, 0.15) is 27.7 Å². The number of carbonyl (C=O) groups is 4. The summed E-state index contributed by atoms with van der Waals surface area (Å²) >= 11 is 0. The highest BCUT2D eigenvalue weighted by Gasteiger charge is 2.18. The number of hydrogen-bond acceptors (Lipinski definition) is 7. The maximum absolute atomic E-state index is 11.5. The van der Waals surface area contributed by atoms with Crippen LogP contribution in [0.5, 0.6) is 0 Å². The summed E-state index contributed by atoms with van der Waals surface area (Å²) in [6.45, 7) is 20.3. The van der Waals surface area contributed by atoms with E-state index in [1.165, 1.54) is 26.8 Å². The summed E-state index contributed by atoms with van der Waals surface area (Å²) in [5.41, 5.74) is 0.762. The van der Waals surface area contributed by atoms with Gasteiger partial charge >= 0.3 is 5.97 Å². The van der Waals surface area contributed by atoms with E-state index in [2.05, 4.69) is 36.9 Å². The third-order valence-electron chi connectivity index (χ3n) is 3.16. The quantitative estimate of drug-likeness (QED) is 0.177. The van der Waals surface area contributed by atoms with Crippen molar-refractivity contribution in [1.82, 2.24) is 15.7 Å². The van der Waals surface area contributed by atoms with E-state index < -0.39 is 23.9 Å². The first-order valence-corrected chi connectivity index (χ1v) is 9.34. The molecule has 10 nitrogen and oxygen atoms in total.